The molecule has 0 radical (unpaired) electrons. The van der Waals surface area contributed by atoms with Crippen LogP contribution in [0.5, 0.6) is 0 Å². The van der Waals surface area contributed by atoms with Gasteiger partial charge >= 0.3 is 6.09 Å². The van der Waals surface area contributed by atoms with E-state index < -0.39 is 17.2 Å². The highest BCUT2D eigenvalue weighted by Crippen LogP contribution is 2.15. The van der Waals surface area contributed by atoms with Gasteiger partial charge in [-0.2, -0.15) is 0 Å². The van der Waals surface area contributed by atoms with Gasteiger partial charge in [0.2, 0.25) is 5.91 Å². The van der Waals surface area contributed by atoms with Crippen LogP contribution < -0.4 is 16.0 Å². The van der Waals surface area contributed by atoms with Crippen molar-refractivity contribution < 1.29 is 14.3 Å². The summed E-state index contributed by atoms with van der Waals surface area (Å²) < 4.78 is 5.35. The summed E-state index contributed by atoms with van der Waals surface area (Å²) in [5, 5.41) is 9.42. The molecule has 1 heterocycles. The van der Waals surface area contributed by atoms with Crippen molar-refractivity contribution in [2.75, 3.05) is 19.6 Å². The fraction of sp³-hybridized carbons (Fsp3) is 0.625. The largest absolute Gasteiger partial charge is 0.444 e. The van der Waals surface area contributed by atoms with E-state index in [-0.39, 0.29) is 29.9 Å². The van der Waals surface area contributed by atoms with Gasteiger partial charge in [0.15, 0.2) is 5.96 Å². The maximum atomic E-state index is 12.1. The number of alkyl carbamates (subject to hydrolysis) is 1. The number of ether oxygens (including phenoxy) is 1. The third-order valence-corrected chi connectivity index (χ3v) is 4.84. The van der Waals surface area contributed by atoms with Gasteiger partial charge in [0.05, 0.1) is 12.1 Å². The number of benzene rings is 1. The first-order valence-electron chi connectivity index (χ1n) is 11.4. The third kappa shape index (κ3) is 11.1. The molecule has 0 aliphatic carbocycles. The van der Waals surface area contributed by atoms with E-state index >= 15 is 0 Å². The predicted octanol–water partition coefficient (Wildman–Crippen LogP) is 3.79. The van der Waals surface area contributed by atoms with Gasteiger partial charge in [0.1, 0.15) is 5.60 Å². The summed E-state index contributed by atoms with van der Waals surface area (Å²) >= 11 is 0. The number of guanidine groups is 1. The number of hydrogen-bond acceptors (Lipinski definition) is 4. The number of rotatable bonds is 8. The lowest BCUT2D eigenvalue weighted by Crippen LogP contribution is -2.54. The molecule has 1 aliphatic heterocycles. The van der Waals surface area contributed by atoms with Crippen LogP contribution in [0, 0.1) is 0 Å². The minimum atomic E-state index is -0.541. The Hall–Kier alpha value is -2.04. The molecule has 1 aliphatic rings. The SMILES string of the molecule is CCNC(=NCc1cccc(CN2CCCC2=O)c1)NCC(C)(C)NC(=O)OC(C)(C)C.I. The van der Waals surface area contributed by atoms with Gasteiger partial charge in [-0.1, -0.05) is 24.3 Å². The van der Waals surface area contributed by atoms with E-state index in [0.29, 0.717) is 32.0 Å². The van der Waals surface area contributed by atoms with E-state index in [0.717, 1.165) is 30.6 Å². The van der Waals surface area contributed by atoms with Gasteiger partial charge in [-0.3, -0.25) is 4.79 Å². The molecule has 0 aromatic heterocycles. The number of likely N-dealkylation sites (tertiary alicyclic amines) is 1. The zero-order valence-corrected chi connectivity index (χ0v) is 23.1. The van der Waals surface area contributed by atoms with E-state index in [1.807, 2.05) is 64.6 Å². The molecule has 1 saturated heterocycles. The molecule has 2 rings (SSSR count). The second-order valence-electron chi connectivity index (χ2n) is 9.80. The minimum Gasteiger partial charge on any atom is -0.444 e. The number of carbonyl (C=O) groups excluding carboxylic acids is 2. The Bertz CT molecular complexity index is 821. The van der Waals surface area contributed by atoms with Crippen LogP contribution in [0.15, 0.2) is 29.3 Å². The Morgan fingerprint density at radius 2 is 1.85 bits per heavy atom. The van der Waals surface area contributed by atoms with E-state index in [2.05, 4.69) is 27.0 Å². The third-order valence-electron chi connectivity index (χ3n) is 4.84. The number of hydrogen-bond donors (Lipinski definition) is 3. The lowest BCUT2D eigenvalue weighted by molar-refractivity contribution is -0.128. The molecule has 0 spiro atoms. The van der Waals surface area contributed by atoms with Gasteiger partial charge in [-0.25, -0.2) is 9.79 Å². The normalized spacial score (nSPS) is 14.5. The average molecular weight is 574 g/mol. The van der Waals surface area contributed by atoms with Crippen LogP contribution in [-0.4, -0.2) is 53.6 Å². The van der Waals surface area contributed by atoms with E-state index in [9.17, 15) is 9.59 Å². The van der Waals surface area contributed by atoms with Crippen molar-refractivity contribution in [3.63, 3.8) is 0 Å². The van der Waals surface area contributed by atoms with Crippen LogP contribution in [0.2, 0.25) is 0 Å². The first-order valence-corrected chi connectivity index (χ1v) is 11.4. The Morgan fingerprint density at radius 1 is 1.15 bits per heavy atom. The quantitative estimate of drug-likeness (QED) is 0.250. The number of amides is 2. The lowest BCUT2D eigenvalue weighted by atomic mass is 10.1. The Morgan fingerprint density at radius 3 is 2.45 bits per heavy atom. The highest BCUT2D eigenvalue weighted by atomic mass is 127. The van der Waals surface area contributed by atoms with Gasteiger partial charge in [0, 0.05) is 32.6 Å². The second kappa shape index (κ2) is 13.0. The minimum absolute atomic E-state index is 0. The van der Waals surface area contributed by atoms with Crippen LogP contribution in [-0.2, 0) is 22.6 Å². The summed E-state index contributed by atoms with van der Waals surface area (Å²) in [5.41, 5.74) is 1.13. The van der Waals surface area contributed by atoms with Crippen molar-refractivity contribution in [1.29, 1.82) is 0 Å². The first-order chi connectivity index (χ1) is 15.0. The van der Waals surface area contributed by atoms with Crippen molar-refractivity contribution in [2.24, 2.45) is 4.99 Å². The van der Waals surface area contributed by atoms with Crippen LogP contribution in [0.1, 0.15) is 65.5 Å². The van der Waals surface area contributed by atoms with Crippen molar-refractivity contribution in [3.8, 4) is 0 Å². The van der Waals surface area contributed by atoms with E-state index in [1.54, 1.807) is 0 Å². The highest BCUT2D eigenvalue weighted by Gasteiger charge is 2.25. The number of carbonyl (C=O) groups is 2. The van der Waals surface area contributed by atoms with Crippen molar-refractivity contribution in [1.82, 2.24) is 20.9 Å². The molecule has 8 nitrogen and oxygen atoms in total. The maximum absolute atomic E-state index is 12.1. The Kier molecular flexibility index (Phi) is 11.4. The van der Waals surface area contributed by atoms with Crippen molar-refractivity contribution >= 4 is 41.9 Å². The first kappa shape index (κ1) is 29.0. The van der Waals surface area contributed by atoms with Gasteiger partial charge < -0.3 is 25.6 Å². The van der Waals surface area contributed by atoms with Crippen molar-refractivity contribution in [2.45, 2.75) is 78.6 Å². The molecule has 0 atom stereocenters. The van der Waals surface area contributed by atoms with Gasteiger partial charge in [-0.15, -0.1) is 24.0 Å². The zero-order valence-electron chi connectivity index (χ0n) is 20.8. The summed E-state index contributed by atoms with van der Waals surface area (Å²) in [5.74, 6) is 0.904. The van der Waals surface area contributed by atoms with E-state index in [4.69, 9.17) is 4.74 Å². The summed E-state index contributed by atoms with van der Waals surface area (Å²) in [6, 6.07) is 8.20. The standard InChI is InChI=1S/C24H39N5O3.HI/c1-7-25-21(27-17-24(5,6)28-22(31)32-23(2,3)4)26-15-18-10-8-11-19(14-18)16-29-13-9-12-20(29)30;/h8,10-11,14H,7,9,12-13,15-17H2,1-6H3,(H,28,31)(H2,25,26,27);1H. The fourth-order valence-corrected chi connectivity index (χ4v) is 3.36. The summed E-state index contributed by atoms with van der Waals surface area (Å²) in [6.45, 7) is 14.6. The van der Waals surface area contributed by atoms with E-state index in [1.165, 1.54) is 0 Å². The van der Waals surface area contributed by atoms with Crippen LogP contribution >= 0.6 is 24.0 Å². The average Bonchev–Trinajstić information content (AvgIpc) is 3.07. The summed E-state index contributed by atoms with van der Waals surface area (Å²) in [7, 11) is 0. The molecule has 3 N–H and O–H groups in total. The molecule has 1 aromatic carbocycles. The summed E-state index contributed by atoms with van der Waals surface area (Å²) in [4.78, 5) is 30.6. The molecule has 9 heteroatoms. The smallest absolute Gasteiger partial charge is 0.408 e. The Labute approximate surface area is 215 Å². The number of nitrogens with one attached hydrogen (secondary N) is 3. The monoisotopic (exact) mass is 573 g/mol. The fourth-order valence-electron chi connectivity index (χ4n) is 3.36. The molecule has 1 aromatic rings. The molecule has 0 bridgehead atoms. The molecular formula is C24H40IN5O3. The topological polar surface area (TPSA) is 95.1 Å². The molecule has 186 valence electrons. The molecular weight excluding hydrogens is 533 g/mol. The van der Waals surface area contributed by atoms with Crippen molar-refractivity contribution in [3.05, 3.63) is 35.4 Å². The number of aliphatic imine (C=N–C) groups is 1. The molecule has 0 unspecified atom stereocenters. The Balaban J connectivity index is 0.00000544. The second-order valence-corrected chi connectivity index (χ2v) is 9.80. The number of nitrogens with zero attached hydrogens (tertiary/aromatic N) is 2. The lowest BCUT2D eigenvalue weighted by Gasteiger charge is -2.29. The van der Waals surface area contributed by atoms with Crippen LogP contribution in [0.25, 0.3) is 0 Å². The van der Waals surface area contributed by atoms with Gasteiger partial charge in [0.25, 0.3) is 0 Å². The molecule has 0 saturated carbocycles. The molecule has 33 heavy (non-hydrogen) atoms. The maximum Gasteiger partial charge on any atom is 0.408 e. The van der Waals surface area contributed by atoms with Gasteiger partial charge in [-0.05, 0) is 59.1 Å². The van der Waals surface area contributed by atoms with Crippen LogP contribution in [0.3, 0.4) is 0 Å². The zero-order chi connectivity index (χ0) is 23.8. The molecule has 1 fully saturated rings. The van der Waals surface area contributed by atoms with Crippen LogP contribution in [0.4, 0.5) is 4.79 Å². The highest BCUT2D eigenvalue weighted by molar-refractivity contribution is 14.0. The predicted molar refractivity (Wildman–Crippen MR) is 143 cm³/mol. The molecule has 2 amide bonds. The summed E-state index contributed by atoms with van der Waals surface area (Å²) in [6.07, 6.45) is 1.15. The number of halogens is 1.